The molecule has 5 heteroatoms. The largest absolute Gasteiger partial charge is 0.337 e. The molecule has 1 saturated heterocycles. The summed E-state index contributed by atoms with van der Waals surface area (Å²) in [5.74, 6) is -0.0375. The van der Waals surface area contributed by atoms with Crippen molar-refractivity contribution in [3.63, 3.8) is 0 Å². The van der Waals surface area contributed by atoms with E-state index < -0.39 is 5.54 Å². The van der Waals surface area contributed by atoms with Crippen LogP contribution in [0.25, 0.3) is 0 Å². The summed E-state index contributed by atoms with van der Waals surface area (Å²) in [6, 6.07) is 0. The molecule has 1 fully saturated rings. The quantitative estimate of drug-likeness (QED) is 0.462. The Morgan fingerprint density at radius 3 is 2.69 bits per heavy atom. The molecule has 0 spiro atoms. The van der Waals surface area contributed by atoms with Crippen molar-refractivity contribution in [1.82, 2.24) is 10.2 Å². The Morgan fingerprint density at radius 1 is 1.62 bits per heavy atom. The highest BCUT2D eigenvalue weighted by Gasteiger charge is 2.30. The van der Waals surface area contributed by atoms with Crippen LogP contribution in [-0.2, 0) is 4.79 Å². The number of hydrogen-bond donors (Lipinski definition) is 3. The lowest BCUT2D eigenvalue weighted by atomic mass is 10.0. The molecule has 0 radical (unpaired) electrons. The van der Waals surface area contributed by atoms with E-state index in [1.165, 1.54) is 0 Å². The van der Waals surface area contributed by atoms with Gasteiger partial charge < -0.3 is 16.4 Å². The van der Waals surface area contributed by atoms with Crippen LogP contribution in [0.3, 0.4) is 0 Å². The van der Waals surface area contributed by atoms with E-state index in [0.717, 1.165) is 6.54 Å². The molecule has 0 aromatic heterocycles. The number of piperazine rings is 1. The van der Waals surface area contributed by atoms with Crippen LogP contribution in [0.4, 0.5) is 0 Å². The molecule has 0 aromatic carbocycles. The predicted octanol–water partition coefficient (Wildman–Crippen LogP) is -1.56. The van der Waals surface area contributed by atoms with E-state index in [1.54, 1.807) is 18.7 Å². The van der Waals surface area contributed by atoms with Crippen LogP contribution in [0, 0.1) is 0 Å². The van der Waals surface area contributed by atoms with Crippen molar-refractivity contribution in [3.8, 4) is 0 Å². The average Bonchev–Trinajstić information content (AvgIpc) is 2.01. The molecule has 0 unspecified atom stereocenters. The Balaban J connectivity index is 2.56. The third-order valence-corrected chi connectivity index (χ3v) is 2.04. The first-order valence-electron chi connectivity index (χ1n) is 4.48. The van der Waals surface area contributed by atoms with Crippen molar-refractivity contribution >= 4 is 5.91 Å². The van der Waals surface area contributed by atoms with Gasteiger partial charge in [-0.3, -0.25) is 10.1 Å². The van der Waals surface area contributed by atoms with Gasteiger partial charge in [-0.05, 0) is 13.8 Å². The van der Waals surface area contributed by atoms with Gasteiger partial charge >= 0.3 is 0 Å². The molecule has 0 aromatic rings. The Kier molecular flexibility index (Phi) is 2.90. The molecule has 0 bridgehead atoms. The Bertz CT molecular complexity index is 199. The van der Waals surface area contributed by atoms with Gasteiger partial charge in [0.05, 0.1) is 11.7 Å². The van der Waals surface area contributed by atoms with E-state index in [9.17, 15) is 4.79 Å². The number of nitrogens with zero attached hydrogens (tertiary/aromatic N) is 1. The second-order valence-corrected chi connectivity index (χ2v) is 4.03. The fourth-order valence-electron chi connectivity index (χ4n) is 1.37. The molecular weight excluding hydrogens is 168 g/mol. The van der Waals surface area contributed by atoms with Crippen molar-refractivity contribution in [2.24, 2.45) is 11.5 Å². The van der Waals surface area contributed by atoms with Crippen LogP contribution in [0.15, 0.2) is 0 Å². The minimum atomic E-state index is -0.795. The van der Waals surface area contributed by atoms with Crippen LogP contribution in [0.5, 0.6) is 0 Å². The van der Waals surface area contributed by atoms with Gasteiger partial charge in [-0.15, -0.1) is 0 Å². The molecule has 1 rings (SSSR count). The van der Waals surface area contributed by atoms with Gasteiger partial charge in [-0.1, -0.05) is 0 Å². The first kappa shape index (κ1) is 10.4. The van der Waals surface area contributed by atoms with Crippen molar-refractivity contribution < 1.29 is 4.79 Å². The van der Waals surface area contributed by atoms with Crippen molar-refractivity contribution in [2.75, 3.05) is 19.6 Å². The number of hydrogen-bond acceptors (Lipinski definition) is 4. The number of amides is 1. The smallest absolute Gasteiger partial charge is 0.242 e. The minimum absolute atomic E-state index is 0.0375. The topological polar surface area (TPSA) is 84.4 Å². The number of carbonyl (C=O) groups is 1. The van der Waals surface area contributed by atoms with Crippen LogP contribution in [-0.4, -0.2) is 42.1 Å². The van der Waals surface area contributed by atoms with Crippen molar-refractivity contribution in [2.45, 2.75) is 25.6 Å². The van der Waals surface area contributed by atoms with Crippen LogP contribution in [0.2, 0.25) is 0 Å². The van der Waals surface area contributed by atoms with Crippen LogP contribution < -0.4 is 16.8 Å². The number of nitrogens with one attached hydrogen (secondary N) is 1. The SMILES string of the molecule is CC(C)(N)C(=O)N1CCN[C@H](N)C1. The van der Waals surface area contributed by atoms with Gasteiger partial charge in [-0.2, -0.15) is 0 Å². The lowest BCUT2D eigenvalue weighted by molar-refractivity contribution is -0.137. The number of nitrogens with two attached hydrogens (primary N) is 2. The van der Waals surface area contributed by atoms with Gasteiger partial charge in [0.15, 0.2) is 0 Å². The second kappa shape index (κ2) is 3.61. The Labute approximate surface area is 78.4 Å². The van der Waals surface area contributed by atoms with Crippen LogP contribution in [0.1, 0.15) is 13.8 Å². The summed E-state index contributed by atoms with van der Waals surface area (Å²) in [7, 11) is 0. The monoisotopic (exact) mass is 186 g/mol. The highest BCUT2D eigenvalue weighted by atomic mass is 16.2. The van der Waals surface area contributed by atoms with E-state index in [0.29, 0.717) is 13.1 Å². The maximum atomic E-state index is 11.7. The molecule has 1 aliphatic rings. The molecule has 1 heterocycles. The zero-order valence-electron chi connectivity index (χ0n) is 8.21. The maximum Gasteiger partial charge on any atom is 0.242 e. The summed E-state index contributed by atoms with van der Waals surface area (Å²) < 4.78 is 0. The summed E-state index contributed by atoms with van der Waals surface area (Å²) in [5.41, 5.74) is 10.6. The maximum absolute atomic E-state index is 11.7. The van der Waals surface area contributed by atoms with E-state index in [4.69, 9.17) is 11.5 Å². The molecule has 0 saturated carbocycles. The van der Waals surface area contributed by atoms with Gasteiger partial charge in [0, 0.05) is 19.6 Å². The highest BCUT2D eigenvalue weighted by Crippen LogP contribution is 2.06. The average molecular weight is 186 g/mol. The first-order chi connectivity index (χ1) is 5.91. The third kappa shape index (κ3) is 2.65. The molecule has 13 heavy (non-hydrogen) atoms. The molecule has 5 nitrogen and oxygen atoms in total. The molecule has 1 atom stereocenters. The molecule has 76 valence electrons. The lowest BCUT2D eigenvalue weighted by Crippen LogP contribution is -2.61. The Hall–Kier alpha value is -0.650. The van der Waals surface area contributed by atoms with E-state index >= 15 is 0 Å². The van der Waals surface area contributed by atoms with Gasteiger partial charge in [0.2, 0.25) is 5.91 Å². The van der Waals surface area contributed by atoms with Gasteiger partial charge in [0.25, 0.3) is 0 Å². The molecule has 1 aliphatic heterocycles. The summed E-state index contributed by atoms with van der Waals surface area (Å²) in [4.78, 5) is 13.4. The van der Waals surface area contributed by atoms with Gasteiger partial charge in [-0.25, -0.2) is 0 Å². The minimum Gasteiger partial charge on any atom is -0.337 e. The first-order valence-corrected chi connectivity index (χ1v) is 4.48. The predicted molar refractivity (Wildman–Crippen MR) is 50.8 cm³/mol. The van der Waals surface area contributed by atoms with E-state index in [1.807, 2.05) is 0 Å². The molecule has 1 amide bonds. The summed E-state index contributed by atoms with van der Waals surface area (Å²) in [6.45, 7) is 5.39. The highest BCUT2D eigenvalue weighted by molar-refractivity contribution is 5.85. The molecule has 5 N–H and O–H groups in total. The normalized spacial score (nSPS) is 24.6. The molecular formula is C8H18N4O. The van der Waals surface area contributed by atoms with Crippen molar-refractivity contribution in [3.05, 3.63) is 0 Å². The molecule has 0 aliphatic carbocycles. The second-order valence-electron chi connectivity index (χ2n) is 4.03. The van der Waals surface area contributed by atoms with E-state index in [-0.39, 0.29) is 12.1 Å². The Morgan fingerprint density at radius 2 is 2.23 bits per heavy atom. The number of rotatable bonds is 1. The van der Waals surface area contributed by atoms with Crippen molar-refractivity contribution in [1.29, 1.82) is 0 Å². The third-order valence-electron chi connectivity index (χ3n) is 2.04. The van der Waals surface area contributed by atoms with Gasteiger partial charge in [0.1, 0.15) is 0 Å². The van der Waals surface area contributed by atoms with E-state index in [2.05, 4.69) is 5.32 Å². The zero-order chi connectivity index (χ0) is 10.1. The summed E-state index contributed by atoms with van der Waals surface area (Å²) in [6.07, 6.45) is -0.125. The fourth-order valence-corrected chi connectivity index (χ4v) is 1.37. The lowest BCUT2D eigenvalue weighted by Gasteiger charge is -2.35. The fraction of sp³-hybridized carbons (Fsp3) is 0.875. The summed E-state index contributed by atoms with van der Waals surface area (Å²) in [5, 5.41) is 3.06. The summed E-state index contributed by atoms with van der Waals surface area (Å²) >= 11 is 0. The van der Waals surface area contributed by atoms with Crippen LogP contribution >= 0.6 is 0 Å². The standard InChI is InChI=1S/C8H18N4O/c1-8(2,10)7(13)12-4-3-11-6(9)5-12/h6,11H,3-5,9-10H2,1-2H3/t6-/m0/s1. The zero-order valence-corrected chi connectivity index (χ0v) is 8.21. The number of carbonyl (C=O) groups excluding carboxylic acids is 1.